The minimum absolute atomic E-state index is 0.0474. The molecule has 0 amide bonds. The van der Waals surface area contributed by atoms with Gasteiger partial charge in [0.2, 0.25) is 0 Å². The molecule has 0 fully saturated rings. The number of aryl methyl sites for hydroxylation is 1. The van der Waals surface area contributed by atoms with E-state index in [9.17, 15) is 5.11 Å². The largest absolute Gasteiger partial charge is 0.504 e. The highest BCUT2D eigenvalue weighted by molar-refractivity contribution is 6.29. The van der Waals surface area contributed by atoms with Crippen molar-refractivity contribution in [1.82, 2.24) is 9.97 Å². The third kappa shape index (κ3) is 2.47. The summed E-state index contributed by atoms with van der Waals surface area (Å²) in [5.74, 6) is 0.937. The fraction of sp³-hybridized carbons (Fsp3) is 0.167. The number of rotatable bonds is 2. The van der Waals surface area contributed by atoms with E-state index < -0.39 is 0 Å². The number of hydrogen-bond acceptors (Lipinski definition) is 4. The lowest BCUT2D eigenvalue weighted by molar-refractivity contribution is 0.373. The molecule has 17 heavy (non-hydrogen) atoms. The second kappa shape index (κ2) is 4.59. The number of benzene rings is 1. The van der Waals surface area contributed by atoms with Crippen LogP contribution in [0.2, 0.25) is 5.15 Å². The third-order valence-corrected chi connectivity index (χ3v) is 2.45. The normalized spacial score (nSPS) is 10.3. The van der Waals surface area contributed by atoms with Crippen LogP contribution in [0.5, 0.6) is 11.5 Å². The van der Waals surface area contributed by atoms with E-state index in [0.29, 0.717) is 22.3 Å². The molecule has 1 aromatic heterocycles. The van der Waals surface area contributed by atoms with Crippen molar-refractivity contribution in [3.05, 3.63) is 35.1 Å². The maximum Gasteiger partial charge on any atom is 0.161 e. The topological polar surface area (TPSA) is 55.2 Å². The summed E-state index contributed by atoms with van der Waals surface area (Å²) in [5.41, 5.74) is 1.46. The van der Waals surface area contributed by atoms with Gasteiger partial charge in [-0.05, 0) is 31.2 Å². The Kier molecular flexibility index (Phi) is 3.15. The number of aromatic hydroxyl groups is 1. The molecule has 0 saturated carbocycles. The highest BCUT2D eigenvalue weighted by Crippen LogP contribution is 2.30. The van der Waals surface area contributed by atoms with Crippen LogP contribution in [-0.4, -0.2) is 22.2 Å². The van der Waals surface area contributed by atoms with Gasteiger partial charge in [-0.25, -0.2) is 9.97 Å². The van der Waals surface area contributed by atoms with Crippen LogP contribution < -0.4 is 4.74 Å². The Morgan fingerprint density at radius 1 is 1.24 bits per heavy atom. The van der Waals surface area contributed by atoms with Crippen LogP contribution in [0.25, 0.3) is 11.4 Å². The number of aromatic nitrogens is 2. The number of nitrogens with zero attached hydrogens (tertiary/aromatic N) is 2. The summed E-state index contributed by atoms with van der Waals surface area (Å²) in [6.45, 7) is 1.83. The predicted octanol–water partition coefficient (Wildman–Crippen LogP) is 2.82. The van der Waals surface area contributed by atoms with Gasteiger partial charge in [-0.3, -0.25) is 0 Å². The van der Waals surface area contributed by atoms with Gasteiger partial charge in [0.1, 0.15) is 5.15 Å². The first kappa shape index (κ1) is 11.7. The number of hydrogen-bond donors (Lipinski definition) is 1. The molecule has 1 heterocycles. The van der Waals surface area contributed by atoms with Crippen molar-refractivity contribution in [3.63, 3.8) is 0 Å². The molecule has 0 radical (unpaired) electrons. The maximum absolute atomic E-state index is 9.68. The van der Waals surface area contributed by atoms with Crippen LogP contribution in [-0.2, 0) is 0 Å². The van der Waals surface area contributed by atoms with Crippen molar-refractivity contribution in [2.24, 2.45) is 0 Å². The Labute approximate surface area is 104 Å². The van der Waals surface area contributed by atoms with Crippen LogP contribution in [0.3, 0.4) is 0 Å². The molecule has 1 N–H and O–H groups in total. The first-order valence-corrected chi connectivity index (χ1v) is 5.36. The molecule has 5 heteroatoms. The first-order chi connectivity index (χ1) is 8.10. The fourth-order valence-corrected chi connectivity index (χ4v) is 1.73. The van der Waals surface area contributed by atoms with Crippen molar-refractivity contribution < 1.29 is 9.84 Å². The molecule has 0 spiro atoms. The van der Waals surface area contributed by atoms with Crippen molar-refractivity contribution in [2.45, 2.75) is 6.92 Å². The smallest absolute Gasteiger partial charge is 0.161 e. The Balaban J connectivity index is 2.49. The van der Waals surface area contributed by atoms with E-state index in [2.05, 4.69) is 9.97 Å². The summed E-state index contributed by atoms with van der Waals surface area (Å²) in [6.07, 6.45) is 0. The average molecular weight is 251 g/mol. The zero-order valence-electron chi connectivity index (χ0n) is 9.44. The standard InChI is InChI=1S/C12H11ClN2O2/c1-7-5-11(13)15-12(14-7)8-3-4-10(17-2)9(16)6-8/h3-6,16H,1-2H3. The monoisotopic (exact) mass is 250 g/mol. The number of methoxy groups -OCH3 is 1. The number of ether oxygens (including phenoxy) is 1. The molecule has 0 bridgehead atoms. The summed E-state index contributed by atoms with van der Waals surface area (Å²) >= 11 is 5.86. The van der Waals surface area contributed by atoms with Gasteiger partial charge in [0.05, 0.1) is 7.11 Å². The third-order valence-electron chi connectivity index (χ3n) is 2.26. The second-order valence-electron chi connectivity index (χ2n) is 3.54. The van der Waals surface area contributed by atoms with Gasteiger partial charge in [-0.15, -0.1) is 0 Å². The zero-order valence-corrected chi connectivity index (χ0v) is 10.2. The molecule has 88 valence electrons. The number of phenolic OH excluding ortho intramolecular Hbond substituents is 1. The second-order valence-corrected chi connectivity index (χ2v) is 3.93. The zero-order chi connectivity index (χ0) is 12.4. The Morgan fingerprint density at radius 3 is 2.59 bits per heavy atom. The van der Waals surface area contributed by atoms with Crippen molar-refractivity contribution >= 4 is 11.6 Å². The molecule has 0 aliphatic rings. The fourth-order valence-electron chi connectivity index (χ4n) is 1.49. The maximum atomic E-state index is 9.68. The minimum atomic E-state index is 0.0474. The molecule has 2 rings (SSSR count). The van der Waals surface area contributed by atoms with Crippen LogP contribution >= 0.6 is 11.6 Å². The SMILES string of the molecule is COc1ccc(-c2nc(C)cc(Cl)n2)cc1O. The lowest BCUT2D eigenvalue weighted by Crippen LogP contribution is -1.92. The van der Waals surface area contributed by atoms with Gasteiger partial charge in [0, 0.05) is 11.3 Å². The molecular formula is C12H11ClN2O2. The Morgan fingerprint density at radius 2 is 2.00 bits per heavy atom. The summed E-state index contributed by atoms with van der Waals surface area (Å²) in [6, 6.07) is 6.65. The summed E-state index contributed by atoms with van der Waals surface area (Å²) in [5, 5.41) is 10.1. The number of halogens is 1. The van der Waals surface area contributed by atoms with Crippen LogP contribution in [0.1, 0.15) is 5.69 Å². The van der Waals surface area contributed by atoms with Crippen molar-refractivity contribution in [1.29, 1.82) is 0 Å². The summed E-state index contributed by atoms with van der Waals surface area (Å²) in [4.78, 5) is 8.36. The van der Waals surface area contributed by atoms with Gasteiger partial charge in [0.25, 0.3) is 0 Å². The van der Waals surface area contributed by atoms with E-state index in [1.807, 2.05) is 6.92 Å². The molecular weight excluding hydrogens is 240 g/mol. The molecule has 0 saturated heterocycles. The van der Waals surface area contributed by atoms with E-state index in [1.165, 1.54) is 7.11 Å². The first-order valence-electron chi connectivity index (χ1n) is 4.98. The molecule has 2 aromatic rings. The highest BCUT2D eigenvalue weighted by atomic mass is 35.5. The molecule has 1 aromatic carbocycles. The average Bonchev–Trinajstić information content (AvgIpc) is 2.27. The lowest BCUT2D eigenvalue weighted by atomic mass is 10.2. The lowest BCUT2D eigenvalue weighted by Gasteiger charge is -2.06. The molecule has 0 unspecified atom stereocenters. The van der Waals surface area contributed by atoms with Gasteiger partial charge >= 0.3 is 0 Å². The van der Waals surface area contributed by atoms with Gasteiger partial charge in [-0.1, -0.05) is 11.6 Å². The molecule has 0 aliphatic heterocycles. The molecule has 4 nitrogen and oxygen atoms in total. The van der Waals surface area contributed by atoms with Crippen LogP contribution in [0.15, 0.2) is 24.3 Å². The highest BCUT2D eigenvalue weighted by Gasteiger charge is 2.08. The predicted molar refractivity (Wildman–Crippen MR) is 65.4 cm³/mol. The van der Waals surface area contributed by atoms with E-state index in [4.69, 9.17) is 16.3 Å². The van der Waals surface area contributed by atoms with E-state index in [1.54, 1.807) is 24.3 Å². The van der Waals surface area contributed by atoms with Gasteiger partial charge in [-0.2, -0.15) is 0 Å². The van der Waals surface area contributed by atoms with Crippen LogP contribution in [0, 0.1) is 6.92 Å². The van der Waals surface area contributed by atoms with Gasteiger partial charge in [0.15, 0.2) is 17.3 Å². The van der Waals surface area contributed by atoms with Crippen molar-refractivity contribution in [2.75, 3.05) is 7.11 Å². The van der Waals surface area contributed by atoms with E-state index in [0.717, 1.165) is 5.69 Å². The van der Waals surface area contributed by atoms with E-state index >= 15 is 0 Å². The summed E-state index contributed by atoms with van der Waals surface area (Å²) < 4.78 is 4.97. The van der Waals surface area contributed by atoms with Crippen molar-refractivity contribution in [3.8, 4) is 22.9 Å². The summed E-state index contributed by atoms with van der Waals surface area (Å²) in [7, 11) is 1.49. The Hall–Kier alpha value is -1.81. The van der Waals surface area contributed by atoms with E-state index in [-0.39, 0.29) is 5.75 Å². The number of phenols is 1. The molecule has 0 aliphatic carbocycles. The minimum Gasteiger partial charge on any atom is -0.504 e. The molecule has 0 atom stereocenters. The van der Waals surface area contributed by atoms with Crippen LogP contribution in [0.4, 0.5) is 0 Å². The Bertz CT molecular complexity index is 538. The van der Waals surface area contributed by atoms with Gasteiger partial charge < -0.3 is 9.84 Å². The quantitative estimate of drug-likeness (QED) is 0.833.